The number of likely N-dealkylation sites (N-methyl/N-ethyl adjacent to an activating group) is 1. The summed E-state index contributed by atoms with van der Waals surface area (Å²) in [4.78, 5) is 28.7. The maximum absolute atomic E-state index is 11.6. The molecule has 132 valence electrons. The summed E-state index contributed by atoms with van der Waals surface area (Å²) in [7, 11) is 4.77. The first-order chi connectivity index (χ1) is 11.5. The Bertz CT molecular complexity index is 568. The zero-order chi connectivity index (χ0) is 17.9. The van der Waals surface area contributed by atoms with E-state index in [0.29, 0.717) is 18.1 Å². The number of aliphatic imine (C=N–C) groups is 1. The number of nitrogens with zero attached hydrogens (tertiary/aromatic N) is 2. The molecule has 0 spiro atoms. The molecule has 0 saturated heterocycles. The van der Waals surface area contributed by atoms with Crippen molar-refractivity contribution in [3.8, 4) is 0 Å². The number of rotatable bonds is 7. The Balaban J connectivity index is 2.51. The Hall–Kier alpha value is -2.57. The highest BCUT2D eigenvalue weighted by atomic mass is 16.5. The predicted molar refractivity (Wildman–Crippen MR) is 94.2 cm³/mol. The van der Waals surface area contributed by atoms with Crippen molar-refractivity contribution in [1.29, 1.82) is 0 Å². The van der Waals surface area contributed by atoms with Gasteiger partial charge in [0, 0.05) is 27.2 Å². The number of carbonyl (C=O) groups excluding carboxylic acids is 2. The third-order valence-corrected chi connectivity index (χ3v) is 3.30. The molecule has 0 saturated carbocycles. The van der Waals surface area contributed by atoms with Gasteiger partial charge in [-0.2, -0.15) is 0 Å². The Morgan fingerprint density at radius 2 is 1.83 bits per heavy atom. The summed E-state index contributed by atoms with van der Waals surface area (Å²) < 4.78 is 4.67. The maximum atomic E-state index is 11.6. The number of carbonyl (C=O) groups is 2. The molecule has 0 heterocycles. The number of ether oxygens (including phenoxy) is 1. The monoisotopic (exact) mass is 334 g/mol. The molecule has 0 aromatic heterocycles. The van der Waals surface area contributed by atoms with E-state index in [0.717, 1.165) is 18.5 Å². The van der Waals surface area contributed by atoms with Crippen molar-refractivity contribution >= 4 is 17.8 Å². The fourth-order valence-corrected chi connectivity index (χ4v) is 1.88. The van der Waals surface area contributed by atoms with Crippen molar-refractivity contribution in [2.24, 2.45) is 4.99 Å². The van der Waals surface area contributed by atoms with Gasteiger partial charge in [0.15, 0.2) is 5.96 Å². The summed E-state index contributed by atoms with van der Waals surface area (Å²) in [5, 5.41) is 6.29. The lowest BCUT2D eigenvalue weighted by Crippen LogP contribution is -2.39. The first-order valence-electron chi connectivity index (χ1n) is 7.87. The fraction of sp³-hybridized carbons (Fsp3) is 0.471. The Morgan fingerprint density at radius 1 is 1.17 bits per heavy atom. The van der Waals surface area contributed by atoms with Gasteiger partial charge in [0.05, 0.1) is 12.7 Å². The molecule has 0 aliphatic heterocycles. The fourth-order valence-electron chi connectivity index (χ4n) is 1.88. The Kier molecular flexibility index (Phi) is 8.32. The third kappa shape index (κ3) is 6.68. The van der Waals surface area contributed by atoms with Gasteiger partial charge >= 0.3 is 5.97 Å². The van der Waals surface area contributed by atoms with Crippen molar-refractivity contribution in [3.05, 3.63) is 35.4 Å². The molecular formula is C17H26N4O3. The summed E-state index contributed by atoms with van der Waals surface area (Å²) >= 11 is 0. The molecule has 0 radical (unpaired) electrons. The van der Waals surface area contributed by atoms with Crippen LogP contribution in [-0.2, 0) is 16.0 Å². The molecule has 7 nitrogen and oxygen atoms in total. The number of guanidine groups is 1. The average Bonchev–Trinajstić information content (AvgIpc) is 2.59. The van der Waals surface area contributed by atoms with E-state index in [2.05, 4.69) is 20.4 Å². The maximum Gasteiger partial charge on any atom is 0.337 e. The summed E-state index contributed by atoms with van der Waals surface area (Å²) in [6.45, 7) is 3.46. The predicted octanol–water partition coefficient (Wildman–Crippen LogP) is 0.659. The minimum absolute atomic E-state index is 0.0504. The van der Waals surface area contributed by atoms with Crippen molar-refractivity contribution in [2.45, 2.75) is 13.3 Å². The van der Waals surface area contributed by atoms with Crippen LogP contribution in [0.3, 0.4) is 0 Å². The third-order valence-electron chi connectivity index (χ3n) is 3.30. The molecule has 0 aliphatic rings. The van der Waals surface area contributed by atoms with E-state index in [1.807, 2.05) is 19.1 Å². The topological polar surface area (TPSA) is 83.0 Å². The molecule has 24 heavy (non-hydrogen) atoms. The second kappa shape index (κ2) is 10.3. The normalized spacial score (nSPS) is 10.9. The van der Waals surface area contributed by atoms with Gasteiger partial charge in [-0.3, -0.25) is 4.79 Å². The number of nitrogens with one attached hydrogen (secondary N) is 2. The van der Waals surface area contributed by atoms with Gasteiger partial charge in [0.25, 0.3) is 0 Å². The van der Waals surface area contributed by atoms with Crippen molar-refractivity contribution in [2.75, 3.05) is 40.8 Å². The van der Waals surface area contributed by atoms with E-state index in [1.54, 1.807) is 26.2 Å². The summed E-state index contributed by atoms with van der Waals surface area (Å²) in [5.74, 6) is 0.219. The number of benzene rings is 1. The highest BCUT2D eigenvalue weighted by molar-refractivity contribution is 5.89. The van der Waals surface area contributed by atoms with Crippen LogP contribution in [0.15, 0.2) is 29.3 Å². The molecule has 0 aliphatic carbocycles. The first-order valence-corrected chi connectivity index (χ1v) is 7.87. The average molecular weight is 334 g/mol. The number of hydrogen-bond donors (Lipinski definition) is 2. The molecule has 0 atom stereocenters. The van der Waals surface area contributed by atoms with Crippen LogP contribution in [0.2, 0.25) is 0 Å². The van der Waals surface area contributed by atoms with Crippen molar-refractivity contribution < 1.29 is 14.3 Å². The van der Waals surface area contributed by atoms with E-state index >= 15 is 0 Å². The lowest BCUT2D eigenvalue weighted by molar-refractivity contribution is -0.127. The largest absolute Gasteiger partial charge is 0.465 e. The van der Waals surface area contributed by atoms with Crippen LogP contribution in [0.4, 0.5) is 0 Å². The van der Waals surface area contributed by atoms with E-state index in [-0.39, 0.29) is 18.4 Å². The second-order valence-corrected chi connectivity index (χ2v) is 5.35. The zero-order valence-corrected chi connectivity index (χ0v) is 14.8. The quantitative estimate of drug-likeness (QED) is 0.435. The van der Waals surface area contributed by atoms with Gasteiger partial charge in [-0.15, -0.1) is 0 Å². The standard InChI is InChI=1S/C17H26N4O3/c1-5-18-17(20-12-15(22)21(2)3)19-11-10-13-6-8-14(9-7-13)16(23)24-4/h6-9H,5,10-12H2,1-4H3,(H2,18,19,20). The summed E-state index contributed by atoms with van der Waals surface area (Å²) in [5.41, 5.74) is 1.63. The molecule has 7 heteroatoms. The zero-order valence-electron chi connectivity index (χ0n) is 14.8. The summed E-state index contributed by atoms with van der Waals surface area (Å²) in [6, 6.07) is 7.29. The van der Waals surface area contributed by atoms with Crippen LogP contribution in [-0.4, -0.2) is 63.6 Å². The number of amides is 1. The van der Waals surface area contributed by atoms with Crippen LogP contribution in [0.25, 0.3) is 0 Å². The lowest BCUT2D eigenvalue weighted by Gasteiger charge is -2.12. The number of methoxy groups -OCH3 is 1. The molecule has 1 aromatic carbocycles. The van der Waals surface area contributed by atoms with Crippen LogP contribution in [0, 0.1) is 0 Å². The van der Waals surface area contributed by atoms with Gasteiger partial charge in [-0.05, 0) is 31.0 Å². The van der Waals surface area contributed by atoms with Gasteiger partial charge in [0.1, 0.15) is 6.54 Å². The van der Waals surface area contributed by atoms with Crippen molar-refractivity contribution in [1.82, 2.24) is 15.5 Å². The van der Waals surface area contributed by atoms with Gasteiger partial charge in [-0.1, -0.05) is 12.1 Å². The van der Waals surface area contributed by atoms with Crippen molar-refractivity contribution in [3.63, 3.8) is 0 Å². The summed E-state index contributed by atoms with van der Waals surface area (Å²) in [6.07, 6.45) is 0.771. The number of esters is 1. The molecule has 1 rings (SSSR count). The van der Waals surface area contributed by atoms with Crippen LogP contribution >= 0.6 is 0 Å². The van der Waals surface area contributed by atoms with E-state index < -0.39 is 0 Å². The highest BCUT2D eigenvalue weighted by Crippen LogP contribution is 2.06. The Labute approximate surface area is 143 Å². The first kappa shape index (κ1) is 19.5. The molecule has 2 N–H and O–H groups in total. The molecule has 0 fully saturated rings. The minimum Gasteiger partial charge on any atom is -0.465 e. The van der Waals surface area contributed by atoms with E-state index in [1.165, 1.54) is 12.0 Å². The van der Waals surface area contributed by atoms with Crippen LogP contribution < -0.4 is 10.6 Å². The van der Waals surface area contributed by atoms with E-state index in [9.17, 15) is 9.59 Å². The van der Waals surface area contributed by atoms with E-state index in [4.69, 9.17) is 0 Å². The molecule has 1 aromatic rings. The van der Waals surface area contributed by atoms with Gasteiger partial charge < -0.3 is 20.3 Å². The highest BCUT2D eigenvalue weighted by Gasteiger charge is 2.05. The molecule has 0 unspecified atom stereocenters. The second-order valence-electron chi connectivity index (χ2n) is 5.35. The van der Waals surface area contributed by atoms with Crippen LogP contribution in [0.1, 0.15) is 22.8 Å². The molecule has 0 bridgehead atoms. The number of hydrogen-bond acceptors (Lipinski definition) is 4. The van der Waals surface area contributed by atoms with Crippen LogP contribution in [0.5, 0.6) is 0 Å². The molecular weight excluding hydrogens is 308 g/mol. The SMILES string of the molecule is CCNC(=NCC(=O)N(C)C)NCCc1ccc(C(=O)OC)cc1. The smallest absolute Gasteiger partial charge is 0.337 e. The van der Waals surface area contributed by atoms with Gasteiger partial charge in [0.2, 0.25) is 5.91 Å². The molecule has 1 amide bonds. The van der Waals surface area contributed by atoms with Gasteiger partial charge in [-0.25, -0.2) is 9.79 Å². The Morgan fingerprint density at radius 3 is 2.38 bits per heavy atom. The lowest BCUT2D eigenvalue weighted by atomic mass is 10.1. The minimum atomic E-state index is -0.341.